The highest BCUT2D eigenvalue weighted by molar-refractivity contribution is 7.89. The summed E-state index contributed by atoms with van der Waals surface area (Å²) in [5.74, 6) is -0.769. The molecule has 0 unspecified atom stereocenters. The average molecular weight is 624 g/mol. The lowest BCUT2D eigenvalue weighted by Gasteiger charge is -2.33. The molecule has 0 saturated carbocycles. The van der Waals surface area contributed by atoms with Crippen molar-refractivity contribution in [2.24, 2.45) is 0 Å². The molecule has 226 valence electrons. The molecule has 0 aliphatic carbocycles. The van der Waals surface area contributed by atoms with Gasteiger partial charge in [-0.25, -0.2) is 8.42 Å². The maximum Gasteiger partial charge on any atom is 0.270 e. The van der Waals surface area contributed by atoms with Crippen LogP contribution in [0.3, 0.4) is 0 Å². The van der Waals surface area contributed by atoms with Crippen LogP contribution in [-0.2, 0) is 26.2 Å². The van der Waals surface area contributed by atoms with Gasteiger partial charge in [0.1, 0.15) is 15.3 Å². The molecule has 14 heteroatoms. The second-order valence-electron chi connectivity index (χ2n) is 9.58. The minimum Gasteiger partial charge on any atom is -0.360 e. The quantitative estimate of drug-likeness (QED) is 0.295. The van der Waals surface area contributed by atoms with E-state index >= 15 is 0 Å². The lowest BCUT2D eigenvalue weighted by atomic mass is 10.2. The third-order valence-electron chi connectivity index (χ3n) is 6.71. The van der Waals surface area contributed by atoms with Gasteiger partial charge >= 0.3 is 0 Å². The fourth-order valence-electron chi connectivity index (χ4n) is 4.55. The Bertz CT molecular complexity index is 1800. The standard InChI is InChI=1S/C29H33N7O5S2/c1-3-31-27(38)24(18-30)29-36(4-2)28(39)25(42-29)19-32-21-9-8-10-22(17-21)33-26(37)20-34-13-15-35(16-14-34)43(40,41)23-11-6-5-7-12-23/h5-12,17,19,32H,3-4,13-16,20H2,1-2H3,(H,31,38)(H,33,37). The Labute approximate surface area is 253 Å². The van der Waals surface area contributed by atoms with E-state index in [0.29, 0.717) is 55.2 Å². The van der Waals surface area contributed by atoms with Crippen molar-refractivity contribution in [2.75, 3.05) is 49.9 Å². The molecule has 0 spiro atoms. The number of amides is 2. The number of hydrogen-bond acceptors (Lipinski definition) is 9. The predicted molar refractivity (Wildman–Crippen MR) is 166 cm³/mol. The summed E-state index contributed by atoms with van der Waals surface area (Å²) in [5, 5.41) is 18.1. The summed E-state index contributed by atoms with van der Waals surface area (Å²) in [7, 11) is -3.57. The van der Waals surface area contributed by atoms with Gasteiger partial charge in [-0.05, 0) is 44.2 Å². The Morgan fingerprint density at radius 3 is 2.37 bits per heavy atom. The Morgan fingerprint density at radius 2 is 1.72 bits per heavy atom. The fourth-order valence-corrected chi connectivity index (χ4v) is 7.08. The molecule has 2 aromatic carbocycles. The van der Waals surface area contributed by atoms with Crippen molar-refractivity contribution in [3.8, 4) is 6.07 Å². The first-order valence-electron chi connectivity index (χ1n) is 13.7. The van der Waals surface area contributed by atoms with E-state index < -0.39 is 15.9 Å². The maximum absolute atomic E-state index is 12.9. The SMILES string of the molecule is CCNC(=O)C(C#N)=c1sc(=CNc2cccc(NC(=O)CN3CCN(S(=O)(=O)c4ccccc4)CC3)c2)c(=O)n1CC. The first-order valence-corrected chi connectivity index (χ1v) is 16.0. The number of piperazine rings is 1. The van der Waals surface area contributed by atoms with Gasteiger partial charge in [0.15, 0.2) is 5.57 Å². The number of nitrogens with one attached hydrogen (secondary N) is 3. The molecular weight excluding hydrogens is 590 g/mol. The molecule has 2 amide bonds. The van der Waals surface area contributed by atoms with Crippen LogP contribution in [0.4, 0.5) is 11.4 Å². The molecule has 3 aromatic rings. The van der Waals surface area contributed by atoms with E-state index in [9.17, 15) is 28.1 Å². The lowest BCUT2D eigenvalue weighted by Crippen LogP contribution is -2.50. The summed E-state index contributed by atoms with van der Waals surface area (Å²) < 4.78 is 29.1. The molecule has 3 N–H and O–H groups in total. The van der Waals surface area contributed by atoms with Crippen LogP contribution in [0.5, 0.6) is 0 Å². The van der Waals surface area contributed by atoms with Gasteiger partial charge in [-0.2, -0.15) is 9.57 Å². The van der Waals surface area contributed by atoms with Crippen LogP contribution in [-0.4, -0.2) is 73.3 Å². The molecule has 2 heterocycles. The molecule has 0 bridgehead atoms. The summed E-state index contributed by atoms with van der Waals surface area (Å²) in [6, 6.07) is 17.2. The molecule has 1 aromatic heterocycles. The van der Waals surface area contributed by atoms with E-state index in [1.165, 1.54) is 15.1 Å². The van der Waals surface area contributed by atoms with Crippen molar-refractivity contribution >= 4 is 56.3 Å². The van der Waals surface area contributed by atoms with Crippen LogP contribution in [0.1, 0.15) is 13.8 Å². The maximum atomic E-state index is 12.9. The third-order valence-corrected chi connectivity index (χ3v) is 9.75. The van der Waals surface area contributed by atoms with E-state index in [-0.39, 0.29) is 33.1 Å². The zero-order valence-corrected chi connectivity index (χ0v) is 25.5. The molecule has 1 fully saturated rings. The van der Waals surface area contributed by atoms with Gasteiger partial charge in [-0.1, -0.05) is 24.3 Å². The van der Waals surface area contributed by atoms with Gasteiger partial charge in [0.2, 0.25) is 15.9 Å². The molecule has 0 radical (unpaired) electrons. The van der Waals surface area contributed by atoms with Crippen molar-refractivity contribution in [3.63, 3.8) is 0 Å². The zero-order valence-electron chi connectivity index (χ0n) is 23.9. The fraction of sp³-hybridized carbons (Fsp3) is 0.310. The smallest absolute Gasteiger partial charge is 0.270 e. The first kappa shape index (κ1) is 31.6. The summed E-state index contributed by atoms with van der Waals surface area (Å²) in [6.07, 6.45) is 1.51. The van der Waals surface area contributed by atoms with Gasteiger partial charge in [0, 0.05) is 56.8 Å². The number of carbonyl (C=O) groups is 2. The van der Waals surface area contributed by atoms with Gasteiger partial charge in [-0.15, -0.1) is 11.3 Å². The van der Waals surface area contributed by atoms with Crippen LogP contribution in [0.15, 0.2) is 64.3 Å². The number of carbonyl (C=O) groups excluding carboxylic acids is 2. The lowest BCUT2D eigenvalue weighted by molar-refractivity contribution is -0.117. The minimum absolute atomic E-state index is 0.112. The van der Waals surface area contributed by atoms with Crippen LogP contribution in [0.25, 0.3) is 11.8 Å². The van der Waals surface area contributed by atoms with Crippen molar-refractivity contribution < 1.29 is 18.0 Å². The summed E-state index contributed by atoms with van der Waals surface area (Å²) in [5.41, 5.74) is 0.716. The summed E-state index contributed by atoms with van der Waals surface area (Å²) >= 11 is 1.05. The Balaban J connectivity index is 1.39. The highest BCUT2D eigenvalue weighted by atomic mass is 32.2. The van der Waals surface area contributed by atoms with E-state index in [4.69, 9.17) is 0 Å². The average Bonchev–Trinajstić information content (AvgIpc) is 3.31. The molecule has 1 aliphatic heterocycles. The molecule has 12 nitrogen and oxygen atoms in total. The normalized spacial score (nSPS) is 15.4. The number of nitriles is 1. The third kappa shape index (κ3) is 7.57. The molecule has 4 rings (SSSR count). The molecule has 1 saturated heterocycles. The highest BCUT2D eigenvalue weighted by Gasteiger charge is 2.28. The summed E-state index contributed by atoms with van der Waals surface area (Å²) in [4.78, 5) is 40.2. The predicted octanol–water partition coefficient (Wildman–Crippen LogP) is 0.535. The van der Waals surface area contributed by atoms with Gasteiger partial charge in [-0.3, -0.25) is 23.9 Å². The number of rotatable bonds is 10. The van der Waals surface area contributed by atoms with E-state index in [1.807, 2.05) is 11.0 Å². The monoisotopic (exact) mass is 623 g/mol. The highest BCUT2D eigenvalue weighted by Crippen LogP contribution is 2.18. The van der Waals surface area contributed by atoms with Crippen LogP contribution in [0, 0.1) is 11.3 Å². The second kappa shape index (κ2) is 14.3. The first-order chi connectivity index (χ1) is 20.7. The van der Waals surface area contributed by atoms with Gasteiger partial charge < -0.3 is 16.0 Å². The largest absolute Gasteiger partial charge is 0.360 e. The second-order valence-corrected chi connectivity index (χ2v) is 12.5. The number of benzene rings is 2. The van der Waals surface area contributed by atoms with Crippen LogP contribution < -0.4 is 30.7 Å². The number of nitrogens with zero attached hydrogens (tertiary/aromatic N) is 4. The van der Waals surface area contributed by atoms with Crippen LogP contribution >= 0.6 is 11.3 Å². The van der Waals surface area contributed by atoms with Crippen molar-refractivity contribution in [1.82, 2.24) is 19.1 Å². The number of sulfonamides is 1. The van der Waals surface area contributed by atoms with Crippen molar-refractivity contribution in [3.05, 3.63) is 74.1 Å². The van der Waals surface area contributed by atoms with E-state index in [2.05, 4.69) is 16.0 Å². The molecule has 0 atom stereocenters. The number of thiazole rings is 1. The zero-order chi connectivity index (χ0) is 31.0. The van der Waals surface area contributed by atoms with Gasteiger partial charge in [0.05, 0.1) is 11.4 Å². The number of anilines is 2. The Kier molecular flexibility index (Phi) is 10.5. The molecule has 1 aliphatic rings. The number of aromatic nitrogens is 1. The van der Waals surface area contributed by atoms with Crippen molar-refractivity contribution in [1.29, 1.82) is 5.26 Å². The summed E-state index contributed by atoms with van der Waals surface area (Å²) in [6.45, 7) is 5.72. The van der Waals surface area contributed by atoms with Crippen molar-refractivity contribution in [2.45, 2.75) is 25.3 Å². The Hall–Kier alpha value is -4.29. The topological polar surface area (TPSA) is 157 Å². The van der Waals surface area contributed by atoms with Crippen LogP contribution in [0.2, 0.25) is 0 Å². The van der Waals surface area contributed by atoms with Gasteiger partial charge in [0.25, 0.3) is 11.5 Å². The number of hydrogen-bond donors (Lipinski definition) is 3. The Morgan fingerprint density at radius 1 is 1.02 bits per heavy atom. The van der Waals surface area contributed by atoms with E-state index in [1.54, 1.807) is 68.4 Å². The molecular formula is C29H33N7O5S2. The minimum atomic E-state index is -3.57. The molecule has 43 heavy (non-hydrogen) atoms. The van der Waals surface area contributed by atoms with E-state index in [0.717, 1.165) is 11.3 Å².